The van der Waals surface area contributed by atoms with Gasteiger partial charge in [0, 0.05) is 18.0 Å². The van der Waals surface area contributed by atoms with Crippen LogP contribution in [0.4, 0.5) is 0 Å². The first-order valence-corrected chi connectivity index (χ1v) is 8.25. The topological polar surface area (TPSA) is 39.2 Å². The minimum absolute atomic E-state index is 0.227. The molecule has 0 saturated carbocycles. The highest BCUT2D eigenvalue weighted by Crippen LogP contribution is 2.31. The van der Waals surface area contributed by atoms with E-state index in [0.717, 1.165) is 22.9 Å². The van der Waals surface area contributed by atoms with Gasteiger partial charge in [-0.1, -0.05) is 53.7 Å². The first-order chi connectivity index (χ1) is 10.7. The summed E-state index contributed by atoms with van der Waals surface area (Å²) in [5.74, 6) is 0.365. The van der Waals surface area contributed by atoms with Crippen LogP contribution in [0.25, 0.3) is 10.9 Å². The second-order valence-electron chi connectivity index (χ2n) is 4.26. The van der Waals surface area contributed by atoms with Gasteiger partial charge in [-0.15, -0.1) is 0 Å². The molecule has 0 radical (unpaired) electrons. The van der Waals surface area contributed by atoms with Crippen LogP contribution in [0.2, 0.25) is 0 Å². The lowest BCUT2D eigenvalue weighted by atomic mass is 10.0. The number of aryl methyl sites for hydroxylation is 2. The summed E-state index contributed by atoms with van der Waals surface area (Å²) in [5.41, 5.74) is 2.96. The number of esters is 1. The number of nitrogens with zero attached hydrogens (tertiary/aromatic N) is 1. The minimum Gasteiger partial charge on any atom is -0.424 e. The lowest BCUT2D eigenvalue weighted by Gasteiger charge is -2.12. The Kier molecular flexibility index (Phi) is 9.84. The molecule has 0 unspecified atom stereocenters. The fourth-order valence-electron chi connectivity index (χ4n) is 2.04. The predicted octanol–water partition coefficient (Wildman–Crippen LogP) is 5.47. The van der Waals surface area contributed by atoms with Crippen molar-refractivity contribution in [2.45, 2.75) is 61.3 Å². The molecule has 0 saturated heterocycles. The maximum absolute atomic E-state index is 11.5. The standard InChI is InChI=1S/C15H17NO2.2C2H6/c1-4-11-9-10(3)15(18-13(17)5-2)14-12(11)7-6-8-16-14;2*1-2/h6-9H,4-5H2,1-3H3;2*1-2H3. The molecule has 122 valence electrons. The van der Waals surface area contributed by atoms with Crippen LogP contribution in [0, 0.1) is 6.92 Å². The van der Waals surface area contributed by atoms with Gasteiger partial charge in [0.25, 0.3) is 0 Å². The Morgan fingerprint density at radius 2 is 1.82 bits per heavy atom. The molecule has 22 heavy (non-hydrogen) atoms. The van der Waals surface area contributed by atoms with Gasteiger partial charge in [-0.3, -0.25) is 9.78 Å². The second-order valence-corrected chi connectivity index (χ2v) is 4.26. The molecule has 2 rings (SSSR count). The summed E-state index contributed by atoms with van der Waals surface area (Å²) in [6, 6.07) is 5.99. The molecule has 0 aliphatic carbocycles. The van der Waals surface area contributed by atoms with E-state index >= 15 is 0 Å². The summed E-state index contributed by atoms with van der Waals surface area (Å²) in [5, 5.41) is 1.06. The second kappa shape index (κ2) is 10.8. The summed E-state index contributed by atoms with van der Waals surface area (Å²) in [6.45, 7) is 13.8. The highest BCUT2D eigenvalue weighted by molar-refractivity contribution is 5.90. The van der Waals surface area contributed by atoms with E-state index in [1.165, 1.54) is 5.56 Å². The van der Waals surface area contributed by atoms with E-state index in [1.54, 1.807) is 13.1 Å². The molecule has 0 aliphatic rings. The Morgan fingerprint density at radius 1 is 1.18 bits per heavy atom. The van der Waals surface area contributed by atoms with Crippen LogP contribution in [0.5, 0.6) is 5.75 Å². The SMILES string of the molecule is CC.CC.CCC(=O)Oc1c(C)cc(CC)c2cccnc12. The minimum atomic E-state index is -0.227. The summed E-state index contributed by atoms with van der Waals surface area (Å²) in [7, 11) is 0. The first-order valence-electron chi connectivity index (χ1n) is 8.25. The molecule has 0 fully saturated rings. The number of rotatable bonds is 3. The number of carbonyl (C=O) groups excluding carboxylic acids is 1. The summed E-state index contributed by atoms with van der Waals surface area (Å²) >= 11 is 0. The summed E-state index contributed by atoms with van der Waals surface area (Å²) in [4.78, 5) is 15.8. The van der Waals surface area contributed by atoms with E-state index in [-0.39, 0.29) is 5.97 Å². The van der Waals surface area contributed by atoms with Crippen molar-refractivity contribution in [3.8, 4) is 5.75 Å². The van der Waals surface area contributed by atoms with Gasteiger partial charge < -0.3 is 4.74 Å². The number of aromatic nitrogens is 1. The van der Waals surface area contributed by atoms with Crippen LogP contribution >= 0.6 is 0 Å². The Bertz CT molecular complexity index is 591. The molecule has 1 aromatic carbocycles. The number of fused-ring (bicyclic) bond motifs is 1. The third-order valence-corrected chi connectivity index (χ3v) is 3.00. The lowest BCUT2D eigenvalue weighted by Crippen LogP contribution is -2.08. The maximum Gasteiger partial charge on any atom is 0.310 e. The zero-order valence-electron chi connectivity index (χ0n) is 15.0. The van der Waals surface area contributed by atoms with E-state index in [2.05, 4.69) is 18.0 Å². The van der Waals surface area contributed by atoms with E-state index in [1.807, 2.05) is 46.8 Å². The van der Waals surface area contributed by atoms with Gasteiger partial charge in [0.05, 0.1) is 0 Å². The quantitative estimate of drug-likeness (QED) is 0.557. The van der Waals surface area contributed by atoms with Crippen molar-refractivity contribution in [2.24, 2.45) is 0 Å². The molecule has 0 spiro atoms. The van der Waals surface area contributed by atoms with Gasteiger partial charge in [-0.2, -0.15) is 0 Å². The maximum atomic E-state index is 11.5. The largest absolute Gasteiger partial charge is 0.424 e. The molecule has 0 amide bonds. The number of hydrogen-bond donors (Lipinski definition) is 0. The van der Waals surface area contributed by atoms with Crippen molar-refractivity contribution in [1.82, 2.24) is 4.98 Å². The number of pyridine rings is 1. The van der Waals surface area contributed by atoms with Crippen LogP contribution in [0.3, 0.4) is 0 Å². The van der Waals surface area contributed by atoms with Crippen LogP contribution in [0.1, 0.15) is 59.1 Å². The van der Waals surface area contributed by atoms with Crippen LogP contribution in [0.15, 0.2) is 24.4 Å². The fraction of sp³-hybridized carbons (Fsp3) is 0.474. The molecule has 0 N–H and O–H groups in total. The van der Waals surface area contributed by atoms with Crippen LogP contribution in [-0.2, 0) is 11.2 Å². The smallest absolute Gasteiger partial charge is 0.310 e. The van der Waals surface area contributed by atoms with Crippen LogP contribution < -0.4 is 4.74 Å². The monoisotopic (exact) mass is 303 g/mol. The van der Waals surface area contributed by atoms with Gasteiger partial charge in [0.15, 0.2) is 5.75 Å². The van der Waals surface area contributed by atoms with Gasteiger partial charge >= 0.3 is 5.97 Å². The van der Waals surface area contributed by atoms with Crippen molar-refractivity contribution < 1.29 is 9.53 Å². The van der Waals surface area contributed by atoms with Gasteiger partial charge in [0.1, 0.15) is 5.52 Å². The van der Waals surface area contributed by atoms with Crippen LogP contribution in [-0.4, -0.2) is 11.0 Å². The van der Waals surface area contributed by atoms with Crippen molar-refractivity contribution in [1.29, 1.82) is 0 Å². The van der Waals surface area contributed by atoms with Gasteiger partial charge in [0.2, 0.25) is 0 Å². The fourth-order valence-corrected chi connectivity index (χ4v) is 2.04. The molecular formula is C19H29NO2. The van der Waals surface area contributed by atoms with Crippen molar-refractivity contribution in [3.63, 3.8) is 0 Å². The molecule has 0 bridgehead atoms. The molecule has 3 heteroatoms. The molecule has 0 atom stereocenters. The molecule has 0 aliphatic heterocycles. The Morgan fingerprint density at radius 3 is 2.36 bits per heavy atom. The van der Waals surface area contributed by atoms with Gasteiger partial charge in [-0.25, -0.2) is 0 Å². The molecule has 2 aromatic rings. The van der Waals surface area contributed by atoms with E-state index in [4.69, 9.17) is 4.74 Å². The van der Waals surface area contributed by atoms with E-state index in [9.17, 15) is 4.79 Å². The van der Waals surface area contributed by atoms with Gasteiger partial charge in [-0.05, 0) is 30.5 Å². The lowest BCUT2D eigenvalue weighted by molar-refractivity contribution is -0.133. The average molecular weight is 303 g/mol. The predicted molar refractivity (Wildman–Crippen MR) is 94.5 cm³/mol. The van der Waals surface area contributed by atoms with Crippen molar-refractivity contribution in [3.05, 3.63) is 35.5 Å². The zero-order valence-corrected chi connectivity index (χ0v) is 15.0. The Hall–Kier alpha value is -1.90. The highest BCUT2D eigenvalue weighted by atomic mass is 16.5. The normalized spacial score (nSPS) is 9.23. The molecule has 3 nitrogen and oxygen atoms in total. The summed E-state index contributed by atoms with van der Waals surface area (Å²) < 4.78 is 5.41. The van der Waals surface area contributed by atoms with Crippen molar-refractivity contribution in [2.75, 3.05) is 0 Å². The average Bonchev–Trinajstić information content (AvgIpc) is 2.60. The first kappa shape index (κ1) is 20.1. The number of carbonyl (C=O) groups is 1. The van der Waals surface area contributed by atoms with Crippen molar-refractivity contribution >= 4 is 16.9 Å². The third kappa shape index (κ3) is 4.83. The van der Waals surface area contributed by atoms with E-state index in [0.29, 0.717) is 12.2 Å². The number of ether oxygens (including phenoxy) is 1. The Balaban J connectivity index is 0.00000102. The number of hydrogen-bond acceptors (Lipinski definition) is 3. The summed E-state index contributed by atoms with van der Waals surface area (Å²) in [6.07, 6.45) is 3.03. The third-order valence-electron chi connectivity index (χ3n) is 3.00. The molecule has 1 heterocycles. The highest BCUT2D eigenvalue weighted by Gasteiger charge is 2.13. The molecule has 1 aromatic heterocycles. The molecular weight excluding hydrogens is 274 g/mol. The van der Waals surface area contributed by atoms with E-state index < -0.39 is 0 Å². The zero-order chi connectivity index (χ0) is 17.1. The number of benzene rings is 1. The Labute approximate surface area is 134 Å².